The van der Waals surface area contributed by atoms with E-state index in [0.717, 1.165) is 44.3 Å². The van der Waals surface area contributed by atoms with E-state index in [4.69, 9.17) is 9.47 Å². The van der Waals surface area contributed by atoms with E-state index >= 15 is 0 Å². The molecule has 1 fully saturated rings. The highest BCUT2D eigenvalue weighted by atomic mass is 16.5. The molecular formula is C32H29NO5. The van der Waals surface area contributed by atoms with E-state index in [9.17, 15) is 14.7 Å². The van der Waals surface area contributed by atoms with Gasteiger partial charge in [-0.2, -0.15) is 0 Å². The standard InChI is InChI=1S/C32H29NO5/c34-31(35)29(17-21-15-16-30(37-18-20-13-14-20)27-12-6-1-7-22(21)27)33-32(36)38-19-28-25-10-4-2-8-23(25)24-9-3-5-11-26(24)28/h1-12,15-16,20,28-29H,13-14,17-19H2,(H,33,36)(H,34,35). The number of nitrogens with one attached hydrogen (secondary N) is 1. The molecule has 1 saturated carbocycles. The zero-order valence-electron chi connectivity index (χ0n) is 20.9. The summed E-state index contributed by atoms with van der Waals surface area (Å²) in [4.78, 5) is 24.9. The molecule has 0 bridgehead atoms. The van der Waals surface area contributed by atoms with Gasteiger partial charge in [-0.1, -0.05) is 78.9 Å². The fraction of sp³-hybridized carbons (Fsp3) is 0.250. The summed E-state index contributed by atoms with van der Waals surface area (Å²) in [5.41, 5.74) is 5.30. The number of carbonyl (C=O) groups excluding carboxylic acids is 1. The van der Waals surface area contributed by atoms with Crippen molar-refractivity contribution in [3.8, 4) is 16.9 Å². The quantitative estimate of drug-likeness (QED) is 0.283. The minimum atomic E-state index is -1.13. The molecule has 1 unspecified atom stereocenters. The van der Waals surface area contributed by atoms with E-state index in [0.29, 0.717) is 12.5 Å². The second-order valence-electron chi connectivity index (χ2n) is 10.1. The molecule has 6 heteroatoms. The van der Waals surface area contributed by atoms with Crippen LogP contribution >= 0.6 is 0 Å². The lowest BCUT2D eigenvalue weighted by Gasteiger charge is -2.19. The Kier molecular flexibility index (Phi) is 6.46. The Morgan fingerprint density at radius 2 is 1.45 bits per heavy atom. The monoisotopic (exact) mass is 507 g/mol. The number of hydrogen-bond donors (Lipinski definition) is 2. The maximum atomic E-state index is 12.8. The van der Waals surface area contributed by atoms with Crippen LogP contribution in [0.1, 0.15) is 35.4 Å². The first-order valence-electron chi connectivity index (χ1n) is 13.1. The van der Waals surface area contributed by atoms with E-state index in [2.05, 4.69) is 17.4 Å². The van der Waals surface area contributed by atoms with E-state index in [-0.39, 0.29) is 18.9 Å². The molecule has 4 aromatic carbocycles. The average Bonchev–Trinajstić information content (AvgIpc) is 3.72. The minimum absolute atomic E-state index is 0.0939. The fourth-order valence-corrected chi connectivity index (χ4v) is 5.33. The van der Waals surface area contributed by atoms with Gasteiger partial charge in [-0.25, -0.2) is 9.59 Å². The Bertz CT molecular complexity index is 1460. The highest BCUT2D eigenvalue weighted by molar-refractivity contribution is 5.92. The maximum Gasteiger partial charge on any atom is 0.407 e. The summed E-state index contributed by atoms with van der Waals surface area (Å²) in [7, 11) is 0. The fourth-order valence-electron chi connectivity index (χ4n) is 5.33. The number of amides is 1. The highest BCUT2D eigenvalue weighted by Crippen LogP contribution is 2.44. The molecule has 192 valence electrons. The van der Waals surface area contributed by atoms with Crippen molar-refractivity contribution in [1.82, 2.24) is 5.32 Å². The molecular weight excluding hydrogens is 478 g/mol. The molecule has 2 N–H and O–H groups in total. The molecule has 0 radical (unpaired) electrons. The van der Waals surface area contributed by atoms with Crippen molar-refractivity contribution in [3.05, 3.63) is 102 Å². The molecule has 4 aromatic rings. The van der Waals surface area contributed by atoms with E-state index in [1.54, 1.807) is 0 Å². The predicted octanol–water partition coefficient (Wildman–Crippen LogP) is 6.16. The van der Waals surface area contributed by atoms with E-state index < -0.39 is 18.1 Å². The number of fused-ring (bicyclic) bond motifs is 4. The zero-order valence-corrected chi connectivity index (χ0v) is 20.9. The predicted molar refractivity (Wildman–Crippen MR) is 145 cm³/mol. The SMILES string of the molecule is O=C(NC(Cc1ccc(OCC2CC2)c2ccccc12)C(=O)O)OCC1c2ccccc2-c2ccccc21. The van der Waals surface area contributed by atoms with Gasteiger partial charge in [0.05, 0.1) is 6.61 Å². The Labute approximate surface area is 221 Å². The summed E-state index contributed by atoms with van der Waals surface area (Å²) in [6.07, 6.45) is 1.80. The van der Waals surface area contributed by atoms with Crippen molar-refractivity contribution < 1.29 is 24.2 Å². The molecule has 0 aromatic heterocycles. The number of carboxylic acids is 1. The molecule has 0 heterocycles. The Balaban J connectivity index is 1.15. The van der Waals surface area contributed by atoms with Crippen LogP contribution in [0, 0.1) is 5.92 Å². The Morgan fingerprint density at radius 1 is 0.816 bits per heavy atom. The molecule has 1 atom stereocenters. The summed E-state index contributed by atoms with van der Waals surface area (Å²) in [6, 6.07) is 26.6. The van der Waals surface area contributed by atoms with E-state index in [1.807, 2.05) is 72.8 Å². The second-order valence-corrected chi connectivity index (χ2v) is 10.1. The number of carboxylic acid groups (broad SMARTS) is 1. The zero-order chi connectivity index (χ0) is 26.1. The van der Waals surface area contributed by atoms with Gasteiger partial charge < -0.3 is 19.9 Å². The van der Waals surface area contributed by atoms with E-state index in [1.165, 1.54) is 12.8 Å². The van der Waals surface area contributed by atoms with Crippen molar-refractivity contribution in [1.29, 1.82) is 0 Å². The number of benzene rings is 4. The van der Waals surface area contributed by atoms with Gasteiger partial charge in [0.1, 0.15) is 18.4 Å². The van der Waals surface area contributed by atoms with Crippen molar-refractivity contribution >= 4 is 22.8 Å². The molecule has 0 spiro atoms. The number of carbonyl (C=O) groups is 2. The number of alkyl carbamates (subject to hydrolysis) is 1. The molecule has 2 aliphatic rings. The van der Waals surface area contributed by atoms with Crippen LogP contribution in [0.4, 0.5) is 4.79 Å². The minimum Gasteiger partial charge on any atom is -0.493 e. The normalized spacial score (nSPS) is 14.9. The lowest BCUT2D eigenvalue weighted by atomic mass is 9.98. The number of rotatable bonds is 9. The molecule has 0 saturated heterocycles. The van der Waals surface area contributed by atoms with Gasteiger partial charge in [0, 0.05) is 17.7 Å². The largest absolute Gasteiger partial charge is 0.493 e. The van der Waals surface area contributed by atoms with Crippen molar-refractivity contribution in [2.75, 3.05) is 13.2 Å². The molecule has 38 heavy (non-hydrogen) atoms. The van der Waals surface area contributed by atoms with Crippen molar-refractivity contribution in [2.45, 2.75) is 31.2 Å². The van der Waals surface area contributed by atoms with Crippen LogP contribution in [0.2, 0.25) is 0 Å². The number of hydrogen-bond acceptors (Lipinski definition) is 4. The third-order valence-electron chi connectivity index (χ3n) is 7.50. The first-order valence-corrected chi connectivity index (χ1v) is 13.1. The van der Waals surface area contributed by atoms with Crippen LogP contribution in [0.3, 0.4) is 0 Å². The van der Waals surface area contributed by atoms with Crippen molar-refractivity contribution in [2.24, 2.45) is 5.92 Å². The third kappa shape index (κ3) is 4.82. The summed E-state index contributed by atoms with van der Waals surface area (Å²) < 4.78 is 11.6. The van der Waals surface area contributed by atoms with Gasteiger partial charge in [-0.05, 0) is 58.0 Å². The second kappa shape index (κ2) is 10.2. The first-order chi connectivity index (χ1) is 18.6. The van der Waals surface area contributed by atoms with Crippen molar-refractivity contribution in [3.63, 3.8) is 0 Å². The third-order valence-corrected chi connectivity index (χ3v) is 7.50. The number of aliphatic carboxylic acids is 1. The molecule has 6 rings (SSSR count). The summed E-state index contributed by atoms with van der Waals surface area (Å²) in [5, 5.41) is 14.3. The lowest BCUT2D eigenvalue weighted by Crippen LogP contribution is -2.43. The summed E-state index contributed by atoms with van der Waals surface area (Å²) >= 11 is 0. The molecule has 1 amide bonds. The van der Waals surface area contributed by atoms with Gasteiger partial charge in [-0.15, -0.1) is 0 Å². The number of ether oxygens (including phenoxy) is 2. The maximum absolute atomic E-state index is 12.8. The first kappa shape index (κ1) is 24.0. The topological polar surface area (TPSA) is 84.9 Å². The lowest BCUT2D eigenvalue weighted by molar-refractivity contribution is -0.139. The van der Waals surface area contributed by atoms with Gasteiger partial charge in [0.25, 0.3) is 0 Å². The Hall–Kier alpha value is -4.32. The highest BCUT2D eigenvalue weighted by Gasteiger charge is 2.30. The smallest absolute Gasteiger partial charge is 0.407 e. The molecule has 6 nitrogen and oxygen atoms in total. The summed E-state index contributed by atoms with van der Waals surface area (Å²) in [6.45, 7) is 0.826. The van der Waals surface area contributed by atoms with Gasteiger partial charge >= 0.3 is 12.1 Å². The van der Waals surface area contributed by atoms with Crippen LogP contribution < -0.4 is 10.1 Å². The molecule has 2 aliphatic carbocycles. The summed E-state index contributed by atoms with van der Waals surface area (Å²) in [5.74, 6) is 0.221. The Morgan fingerprint density at radius 3 is 2.11 bits per heavy atom. The average molecular weight is 508 g/mol. The molecule has 0 aliphatic heterocycles. The van der Waals surface area contributed by atoms with Crippen LogP contribution in [0.25, 0.3) is 21.9 Å². The van der Waals surface area contributed by atoms with Crippen LogP contribution in [0.15, 0.2) is 84.9 Å². The van der Waals surface area contributed by atoms with Crippen LogP contribution in [-0.2, 0) is 16.0 Å². The van der Waals surface area contributed by atoms with Crippen LogP contribution in [-0.4, -0.2) is 36.4 Å². The van der Waals surface area contributed by atoms with Gasteiger partial charge in [0.15, 0.2) is 0 Å². The van der Waals surface area contributed by atoms with Gasteiger partial charge in [0.2, 0.25) is 0 Å². The van der Waals surface area contributed by atoms with Gasteiger partial charge in [-0.3, -0.25) is 0 Å². The van der Waals surface area contributed by atoms with Crippen LogP contribution in [0.5, 0.6) is 5.75 Å².